The van der Waals surface area contributed by atoms with Crippen LogP contribution in [0.3, 0.4) is 0 Å². The first-order valence-corrected chi connectivity index (χ1v) is 7.53. The molecular formula is C13H12N4O2S. The standard InChI is InChI=1S/C13H12N4O2S/c1-20(19)13-16-15-8-17(13)7-12(18)10-6-14-11-5-3-2-4-9(10)11/h2-6,8,14H,7H2,1H3/t20-/m0/s1. The van der Waals surface area contributed by atoms with Gasteiger partial charge in [0, 0.05) is 28.9 Å². The number of aromatic amines is 1. The summed E-state index contributed by atoms with van der Waals surface area (Å²) in [6.45, 7) is 0.0732. The summed E-state index contributed by atoms with van der Waals surface area (Å²) in [6, 6.07) is 7.60. The van der Waals surface area contributed by atoms with Crippen molar-refractivity contribution in [3.05, 3.63) is 42.4 Å². The second-order valence-corrected chi connectivity index (χ2v) is 5.64. The Morgan fingerprint density at radius 1 is 1.40 bits per heavy atom. The summed E-state index contributed by atoms with van der Waals surface area (Å²) in [5.41, 5.74) is 1.53. The fraction of sp³-hybridized carbons (Fsp3) is 0.154. The number of nitrogens with zero attached hydrogens (tertiary/aromatic N) is 3. The van der Waals surface area contributed by atoms with Gasteiger partial charge >= 0.3 is 0 Å². The normalized spacial score (nSPS) is 12.7. The highest BCUT2D eigenvalue weighted by Crippen LogP contribution is 2.18. The molecule has 1 atom stereocenters. The predicted octanol–water partition coefficient (Wildman–Crippen LogP) is 1.38. The van der Waals surface area contributed by atoms with Gasteiger partial charge in [0.1, 0.15) is 6.33 Å². The minimum absolute atomic E-state index is 0.0732. The third-order valence-electron chi connectivity index (χ3n) is 3.04. The fourth-order valence-electron chi connectivity index (χ4n) is 2.12. The highest BCUT2D eigenvalue weighted by Gasteiger charge is 2.15. The number of nitrogens with one attached hydrogen (secondary N) is 1. The van der Waals surface area contributed by atoms with Crippen LogP contribution in [0.25, 0.3) is 10.9 Å². The van der Waals surface area contributed by atoms with Crippen LogP contribution < -0.4 is 0 Å². The molecule has 0 bridgehead atoms. The first-order chi connectivity index (χ1) is 9.66. The molecule has 3 aromatic rings. The van der Waals surface area contributed by atoms with Crippen molar-refractivity contribution in [2.45, 2.75) is 11.7 Å². The maximum absolute atomic E-state index is 12.4. The van der Waals surface area contributed by atoms with Crippen molar-refractivity contribution in [1.29, 1.82) is 0 Å². The van der Waals surface area contributed by atoms with E-state index >= 15 is 0 Å². The van der Waals surface area contributed by atoms with Gasteiger partial charge in [-0.05, 0) is 6.07 Å². The first kappa shape index (κ1) is 12.7. The van der Waals surface area contributed by atoms with Crippen LogP contribution in [0, 0.1) is 0 Å². The number of carbonyl (C=O) groups is 1. The number of Topliss-reactive ketones (excluding diaryl/α,β-unsaturated/α-hetero) is 1. The smallest absolute Gasteiger partial charge is 0.221 e. The number of aromatic nitrogens is 4. The minimum Gasteiger partial charge on any atom is -0.360 e. The van der Waals surface area contributed by atoms with E-state index in [1.54, 1.807) is 6.20 Å². The topological polar surface area (TPSA) is 80.6 Å². The molecule has 3 rings (SSSR count). The predicted molar refractivity (Wildman–Crippen MR) is 75.0 cm³/mol. The Labute approximate surface area is 117 Å². The summed E-state index contributed by atoms with van der Waals surface area (Å²) in [5.74, 6) is -0.0750. The molecule has 2 heterocycles. The zero-order chi connectivity index (χ0) is 14.1. The van der Waals surface area contributed by atoms with Crippen LogP contribution in [0.15, 0.2) is 41.9 Å². The number of H-pyrrole nitrogens is 1. The molecule has 102 valence electrons. The van der Waals surface area contributed by atoms with Gasteiger partial charge < -0.3 is 4.98 Å². The average molecular weight is 288 g/mol. The van der Waals surface area contributed by atoms with E-state index in [1.807, 2.05) is 24.3 Å². The van der Waals surface area contributed by atoms with Crippen molar-refractivity contribution < 1.29 is 9.00 Å². The molecule has 0 aliphatic carbocycles. The van der Waals surface area contributed by atoms with Crippen LogP contribution in [-0.2, 0) is 17.3 Å². The van der Waals surface area contributed by atoms with Crippen LogP contribution in [0.4, 0.5) is 0 Å². The summed E-state index contributed by atoms with van der Waals surface area (Å²) < 4.78 is 13.0. The fourth-order valence-corrected chi connectivity index (χ4v) is 2.72. The number of rotatable bonds is 4. The van der Waals surface area contributed by atoms with E-state index in [-0.39, 0.29) is 12.3 Å². The average Bonchev–Trinajstić information content (AvgIpc) is 3.04. The molecule has 0 saturated heterocycles. The van der Waals surface area contributed by atoms with E-state index < -0.39 is 10.8 Å². The highest BCUT2D eigenvalue weighted by molar-refractivity contribution is 7.84. The van der Waals surface area contributed by atoms with E-state index in [1.165, 1.54) is 17.2 Å². The van der Waals surface area contributed by atoms with Gasteiger partial charge in [-0.2, -0.15) is 0 Å². The highest BCUT2D eigenvalue weighted by atomic mass is 32.2. The van der Waals surface area contributed by atoms with E-state index in [4.69, 9.17) is 0 Å². The Morgan fingerprint density at radius 3 is 3.00 bits per heavy atom. The van der Waals surface area contributed by atoms with E-state index in [0.29, 0.717) is 10.7 Å². The molecule has 0 saturated carbocycles. The van der Waals surface area contributed by atoms with Crippen LogP contribution in [0.1, 0.15) is 10.4 Å². The Balaban J connectivity index is 1.93. The summed E-state index contributed by atoms with van der Waals surface area (Å²) in [4.78, 5) is 15.4. The zero-order valence-corrected chi connectivity index (χ0v) is 11.6. The molecule has 1 aromatic carbocycles. The zero-order valence-electron chi connectivity index (χ0n) is 10.7. The number of hydrogen-bond donors (Lipinski definition) is 1. The lowest BCUT2D eigenvalue weighted by Gasteiger charge is -2.03. The summed E-state index contributed by atoms with van der Waals surface area (Å²) >= 11 is 0. The Hall–Kier alpha value is -2.28. The number of ketones is 1. The Bertz CT molecular complexity index is 805. The van der Waals surface area contributed by atoms with Gasteiger partial charge in [0.2, 0.25) is 5.16 Å². The van der Waals surface area contributed by atoms with Crippen molar-refractivity contribution in [3.63, 3.8) is 0 Å². The third kappa shape index (κ3) is 2.16. The summed E-state index contributed by atoms with van der Waals surface area (Å²) in [7, 11) is -1.27. The molecule has 2 aromatic heterocycles. The van der Waals surface area contributed by atoms with Gasteiger partial charge in [0.15, 0.2) is 5.78 Å². The molecular weight excluding hydrogens is 276 g/mol. The van der Waals surface area contributed by atoms with Crippen molar-refractivity contribution in [2.75, 3.05) is 6.26 Å². The monoisotopic (exact) mass is 288 g/mol. The number of fused-ring (bicyclic) bond motifs is 1. The van der Waals surface area contributed by atoms with Gasteiger partial charge in [-0.15, -0.1) is 10.2 Å². The quantitative estimate of drug-likeness (QED) is 0.735. The van der Waals surface area contributed by atoms with Gasteiger partial charge in [0.05, 0.1) is 17.3 Å². The maximum atomic E-state index is 12.4. The molecule has 0 aliphatic heterocycles. The van der Waals surface area contributed by atoms with Crippen molar-refractivity contribution in [2.24, 2.45) is 0 Å². The lowest BCUT2D eigenvalue weighted by molar-refractivity contribution is 0.0970. The molecule has 1 N–H and O–H groups in total. The second-order valence-electron chi connectivity index (χ2n) is 4.37. The minimum atomic E-state index is -1.27. The van der Waals surface area contributed by atoms with Crippen molar-refractivity contribution in [3.8, 4) is 0 Å². The summed E-state index contributed by atoms with van der Waals surface area (Å²) in [5, 5.41) is 8.65. The Morgan fingerprint density at radius 2 is 2.20 bits per heavy atom. The number of benzene rings is 1. The van der Waals surface area contributed by atoms with Crippen molar-refractivity contribution in [1.82, 2.24) is 19.7 Å². The Kier molecular flexibility index (Phi) is 3.19. The number of para-hydroxylation sites is 1. The van der Waals surface area contributed by atoms with E-state index in [9.17, 15) is 9.00 Å². The second kappa shape index (κ2) is 5.01. The van der Waals surface area contributed by atoms with E-state index in [0.717, 1.165) is 10.9 Å². The van der Waals surface area contributed by atoms with Crippen molar-refractivity contribution >= 4 is 27.5 Å². The molecule has 0 fully saturated rings. The number of carbonyl (C=O) groups excluding carboxylic acids is 1. The lowest BCUT2D eigenvalue weighted by Crippen LogP contribution is -2.12. The first-order valence-electron chi connectivity index (χ1n) is 5.97. The molecule has 0 amide bonds. The number of hydrogen-bond acceptors (Lipinski definition) is 4. The van der Waals surface area contributed by atoms with Crippen LogP contribution in [0.5, 0.6) is 0 Å². The van der Waals surface area contributed by atoms with Crippen LogP contribution in [-0.4, -0.2) is 36.0 Å². The van der Waals surface area contributed by atoms with Crippen LogP contribution in [0.2, 0.25) is 0 Å². The molecule has 0 radical (unpaired) electrons. The van der Waals surface area contributed by atoms with Gasteiger partial charge in [0.25, 0.3) is 0 Å². The molecule has 0 unspecified atom stereocenters. The van der Waals surface area contributed by atoms with Gasteiger partial charge in [-0.25, -0.2) is 0 Å². The molecule has 0 spiro atoms. The maximum Gasteiger partial charge on any atom is 0.221 e. The SMILES string of the molecule is C[S@](=O)c1nncn1CC(=O)c1c[nH]c2ccccc12. The van der Waals surface area contributed by atoms with E-state index in [2.05, 4.69) is 15.2 Å². The molecule has 20 heavy (non-hydrogen) atoms. The van der Waals surface area contributed by atoms with Crippen LogP contribution >= 0.6 is 0 Å². The van der Waals surface area contributed by atoms with Gasteiger partial charge in [-0.1, -0.05) is 18.2 Å². The third-order valence-corrected chi connectivity index (χ3v) is 3.87. The summed E-state index contributed by atoms with van der Waals surface area (Å²) in [6.07, 6.45) is 4.63. The largest absolute Gasteiger partial charge is 0.360 e. The molecule has 7 heteroatoms. The lowest BCUT2D eigenvalue weighted by atomic mass is 10.1. The molecule has 6 nitrogen and oxygen atoms in total. The molecule has 0 aliphatic rings. The van der Waals surface area contributed by atoms with Gasteiger partial charge in [-0.3, -0.25) is 13.6 Å².